The molecule has 1 aromatic heterocycles. The van der Waals surface area contributed by atoms with Crippen molar-refractivity contribution in [1.82, 2.24) is 10.2 Å². The Bertz CT molecular complexity index is 620. The summed E-state index contributed by atoms with van der Waals surface area (Å²) in [5.74, 6) is 0.477. The first-order valence-corrected chi connectivity index (χ1v) is 6.69. The minimum atomic E-state index is -0.246. The summed E-state index contributed by atoms with van der Waals surface area (Å²) < 4.78 is 0. The zero-order valence-electron chi connectivity index (χ0n) is 11.3. The van der Waals surface area contributed by atoms with Gasteiger partial charge in [-0.25, -0.2) is 0 Å². The van der Waals surface area contributed by atoms with E-state index in [9.17, 15) is 4.79 Å². The number of carbonyl (C=O) groups excluding carboxylic acids is 1. The topological polar surface area (TPSA) is 66.9 Å². The molecule has 0 unspecified atom stereocenters. The number of hydrogen-bond donors (Lipinski definition) is 2. The van der Waals surface area contributed by atoms with Gasteiger partial charge in [0.25, 0.3) is 5.91 Å². The van der Waals surface area contributed by atoms with E-state index in [1.165, 1.54) is 12.8 Å². The maximum Gasteiger partial charge on any atom is 0.276 e. The summed E-state index contributed by atoms with van der Waals surface area (Å²) in [5, 5.41) is 14.1. The van der Waals surface area contributed by atoms with Gasteiger partial charge in [-0.3, -0.25) is 4.79 Å². The predicted molar refractivity (Wildman–Crippen MR) is 77.8 cm³/mol. The van der Waals surface area contributed by atoms with Crippen molar-refractivity contribution in [3.8, 4) is 0 Å². The molecule has 2 aromatic rings. The molecule has 0 aliphatic heterocycles. The molecule has 0 spiro atoms. The number of benzene rings is 1. The lowest BCUT2D eigenvalue weighted by atomic mass is 10.2. The summed E-state index contributed by atoms with van der Waals surface area (Å²) in [6.45, 7) is 1.95. The van der Waals surface area contributed by atoms with Crippen molar-refractivity contribution in [2.75, 3.05) is 10.6 Å². The number of carbonyl (C=O) groups is 1. The molecule has 0 saturated heterocycles. The van der Waals surface area contributed by atoms with E-state index in [0.717, 1.165) is 17.1 Å². The molecule has 1 aliphatic carbocycles. The van der Waals surface area contributed by atoms with Crippen LogP contribution in [0.5, 0.6) is 0 Å². The van der Waals surface area contributed by atoms with Crippen molar-refractivity contribution in [1.29, 1.82) is 0 Å². The Balaban J connectivity index is 1.68. The minimum Gasteiger partial charge on any atom is -0.366 e. The molecular weight excluding hydrogens is 252 g/mol. The van der Waals surface area contributed by atoms with E-state index in [0.29, 0.717) is 11.7 Å². The zero-order chi connectivity index (χ0) is 13.9. The Hall–Kier alpha value is -2.43. The quantitative estimate of drug-likeness (QED) is 0.894. The van der Waals surface area contributed by atoms with Gasteiger partial charge in [0.1, 0.15) is 5.82 Å². The molecule has 0 bridgehead atoms. The summed E-state index contributed by atoms with van der Waals surface area (Å²) >= 11 is 0. The molecule has 1 aliphatic rings. The number of para-hydroxylation sites is 1. The van der Waals surface area contributed by atoms with Gasteiger partial charge in [0.05, 0.1) is 0 Å². The van der Waals surface area contributed by atoms with Gasteiger partial charge in [0, 0.05) is 11.7 Å². The summed E-state index contributed by atoms with van der Waals surface area (Å²) in [6, 6.07) is 11.6. The maximum absolute atomic E-state index is 12.1. The van der Waals surface area contributed by atoms with E-state index < -0.39 is 0 Å². The van der Waals surface area contributed by atoms with Crippen LogP contribution in [0.4, 0.5) is 11.5 Å². The average Bonchev–Trinajstić information content (AvgIpc) is 3.26. The Morgan fingerprint density at radius 2 is 1.95 bits per heavy atom. The molecule has 20 heavy (non-hydrogen) atoms. The summed E-state index contributed by atoms with van der Waals surface area (Å²) in [5.41, 5.74) is 2.12. The second kappa shape index (κ2) is 5.28. The first-order chi connectivity index (χ1) is 9.72. The highest BCUT2D eigenvalue weighted by molar-refractivity contribution is 6.03. The zero-order valence-corrected chi connectivity index (χ0v) is 11.3. The Morgan fingerprint density at radius 1 is 1.15 bits per heavy atom. The van der Waals surface area contributed by atoms with Gasteiger partial charge in [0.2, 0.25) is 0 Å². The first-order valence-electron chi connectivity index (χ1n) is 6.69. The van der Waals surface area contributed by atoms with Crippen LogP contribution < -0.4 is 10.6 Å². The van der Waals surface area contributed by atoms with Crippen LogP contribution in [0.1, 0.15) is 28.9 Å². The molecule has 5 nitrogen and oxygen atoms in total. The summed E-state index contributed by atoms with van der Waals surface area (Å²) in [7, 11) is 0. The molecule has 5 heteroatoms. The van der Waals surface area contributed by atoms with Gasteiger partial charge in [-0.2, -0.15) is 0 Å². The molecule has 1 saturated carbocycles. The standard InChI is InChI=1S/C15H16N4O/c1-10-4-2-3-5-12(10)17-15(20)13-8-9-14(19-18-13)16-11-6-7-11/h2-5,8-9,11H,6-7H2,1H3,(H,16,19)(H,17,20). The lowest BCUT2D eigenvalue weighted by Gasteiger charge is -2.07. The monoisotopic (exact) mass is 268 g/mol. The van der Waals surface area contributed by atoms with Gasteiger partial charge < -0.3 is 10.6 Å². The Labute approximate surface area is 117 Å². The van der Waals surface area contributed by atoms with Crippen molar-refractivity contribution in [3.63, 3.8) is 0 Å². The Kier molecular flexibility index (Phi) is 3.33. The van der Waals surface area contributed by atoms with Crippen molar-refractivity contribution in [2.45, 2.75) is 25.8 Å². The molecule has 1 heterocycles. The molecule has 1 aromatic carbocycles. The lowest BCUT2D eigenvalue weighted by molar-refractivity contribution is 0.102. The number of aryl methyl sites for hydroxylation is 1. The molecule has 1 amide bonds. The van der Waals surface area contributed by atoms with Crippen molar-refractivity contribution in [2.24, 2.45) is 0 Å². The normalized spacial score (nSPS) is 13.8. The SMILES string of the molecule is Cc1ccccc1NC(=O)c1ccc(NC2CC2)nn1. The molecule has 102 valence electrons. The highest BCUT2D eigenvalue weighted by Gasteiger charge is 2.21. The molecule has 2 N–H and O–H groups in total. The molecule has 0 radical (unpaired) electrons. The van der Waals surface area contributed by atoms with Gasteiger partial charge in [0.15, 0.2) is 5.69 Å². The number of anilines is 2. The highest BCUT2D eigenvalue weighted by atomic mass is 16.1. The van der Waals surface area contributed by atoms with Gasteiger partial charge >= 0.3 is 0 Å². The third-order valence-electron chi connectivity index (χ3n) is 3.22. The number of amides is 1. The van der Waals surface area contributed by atoms with E-state index in [1.54, 1.807) is 12.1 Å². The number of hydrogen-bond acceptors (Lipinski definition) is 4. The third-order valence-corrected chi connectivity index (χ3v) is 3.22. The summed E-state index contributed by atoms with van der Waals surface area (Å²) in [4.78, 5) is 12.1. The van der Waals surface area contributed by atoms with Gasteiger partial charge in [-0.1, -0.05) is 18.2 Å². The van der Waals surface area contributed by atoms with Gasteiger partial charge in [-0.15, -0.1) is 10.2 Å². The molecule has 1 fully saturated rings. The van der Waals surface area contributed by atoms with E-state index in [4.69, 9.17) is 0 Å². The fourth-order valence-electron chi connectivity index (χ4n) is 1.87. The fraction of sp³-hybridized carbons (Fsp3) is 0.267. The maximum atomic E-state index is 12.1. The van der Waals surface area contributed by atoms with Gasteiger partial charge in [-0.05, 0) is 43.5 Å². The summed E-state index contributed by atoms with van der Waals surface area (Å²) in [6.07, 6.45) is 2.36. The van der Waals surface area contributed by atoms with Crippen LogP contribution in [0.15, 0.2) is 36.4 Å². The predicted octanol–water partition coefficient (Wildman–Crippen LogP) is 2.61. The minimum absolute atomic E-state index is 0.246. The fourth-order valence-corrected chi connectivity index (χ4v) is 1.87. The molecule has 0 atom stereocenters. The molecular formula is C15H16N4O. The smallest absolute Gasteiger partial charge is 0.276 e. The van der Waals surface area contributed by atoms with E-state index in [2.05, 4.69) is 20.8 Å². The number of rotatable bonds is 4. The number of nitrogens with one attached hydrogen (secondary N) is 2. The van der Waals surface area contributed by atoms with Crippen molar-refractivity contribution < 1.29 is 4.79 Å². The average molecular weight is 268 g/mol. The van der Waals surface area contributed by atoms with Crippen LogP contribution in [0.25, 0.3) is 0 Å². The van der Waals surface area contributed by atoms with E-state index >= 15 is 0 Å². The second-order valence-electron chi connectivity index (χ2n) is 4.99. The number of aromatic nitrogens is 2. The van der Waals surface area contributed by atoms with Crippen LogP contribution in [0.2, 0.25) is 0 Å². The van der Waals surface area contributed by atoms with Crippen LogP contribution in [-0.2, 0) is 0 Å². The largest absolute Gasteiger partial charge is 0.366 e. The first kappa shape index (κ1) is 12.6. The van der Waals surface area contributed by atoms with E-state index in [1.807, 2.05) is 31.2 Å². The van der Waals surface area contributed by atoms with E-state index in [-0.39, 0.29) is 5.91 Å². The number of nitrogens with zero attached hydrogens (tertiary/aromatic N) is 2. The lowest BCUT2D eigenvalue weighted by Crippen LogP contribution is -2.15. The highest BCUT2D eigenvalue weighted by Crippen LogP contribution is 2.23. The van der Waals surface area contributed by atoms with Crippen molar-refractivity contribution in [3.05, 3.63) is 47.7 Å². The van der Waals surface area contributed by atoms with Crippen LogP contribution in [0, 0.1) is 6.92 Å². The molecule has 3 rings (SSSR count). The Morgan fingerprint density at radius 3 is 2.60 bits per heavy atom. The second-order valence-corrected chi connectivity index (χ2v) is 4.99. The van der Waals surface area contributed by atoms with Crippen molar-refractivity contribution >= 4 is 17.4 Å². The van der Waals surface area contributed by atoms with Crippen LogP contribution in [0.3, 0.4) is 0 Å². The van der Waals surface area contributed by atoms with Crippen LogP contribution >= 0.6 is 0 Å². The van der Waals surface area contributed by atoms with Crippen LogP contribution in [-0.4, -0.2) is 22.1 Å². The third kappa shape index (κ3) is 2.93.